The van der Waals surface area contributed by atoms with Gasteiger partial charge in [-0.15, -0.1) is 0 Å². The third kappa shape index (κ3) is 1.04. The lowest BCUT2D eigenvalue weighted by atomic mass is 10.0. The monoisotopic (exact) mass is 141 g/mol. The molecular formula is C7H11NO2. The second-order valence-electron chi connectivity index (χ2n) is 2.67. The zero-order chi connectivity index (χ0) is 7.72. The zero-order valence-electron chi connectivity index (χ0n) is 5.71. The summed E-state index contributed by atoms with van der Waals surface area (Å²) in [5, 5.41) is 8.58. The van der Waals surface area contributed by atoms with Crippen molar-refractivity contribution >= 4 is 5.97 Å². The maximum Gasteiger partial charge on any atom is 0.308 e. The maximum absolute atomic E-state index is 10.4. The molecule has 0 spiro atoms. The van der Waals surface area contributed by atoms with E-state index in [1.54, 1.807) is 0 Å². The molecule has 0 bridgehead atoms. The Balaban J connectivity index is 2.66. The minimum atomic E-state index is -0.800. The molecular weight excluding hydrogens is 130 g/mol. The first-order valence-corrected chi connectivity index (χ1v) is 3.29. The van der Waals surface area contributed by atoms with Crippen LogP contribution in [0.25, 0.3) is 0 Å². The van der Waals surface area contributed by atoms with E-state index in [0.717, 1.165) is 12.0 Å². The molecule has 1 rings (SSSR count). The van der Waals surface area contributed by atoms with Crippen LogP contribution in [0.2, 0.25) is 0 Å². The summed E-state index contributed by atoms with van der Waals surface area (Å²) in [5.41, 5.74) is 6.41. The number of carboxylic acid groups (broad SMARTS) is 1. The molecule has 1 saturated carbocycles. The molecule has 0 aliphatic heterocycles. The van der Waals surface area contributed by atoms with Crippen molar-refractivity contribution in [2.24, 2.45) is 11.7 Å². The van der Waals surface area contributed by atoms with Crippen molar-refractivity contribution in [2.45, 2.75) is 18.9 Å². The van der Waals surface area contributed by atoms with E-state index in [2.05, 4.69) is 6.58 Å². The molecule has 1 fully saturated rings. The van der Waals surface area contributed by atoms with Gasteiger partial charge in [0.2, 0.25) is 0 Å². The highest BCUT2D eigenvalue weighted by Crippen LogP contribution is 2.27. The lowest BCUT2D eigenvalue weighted by molar-refractivity contribution is -0.141. The first-order valence-electron chi connectivity index (χ1n) is 3.29. The van der Waals surface area contributed by atoms with E-state index >= 15 is 0 Å². The fraction of sp³-hybridized carbons (Fsp3) is 0.571. The molecule has 2 atom stereocenters. The van der Waals surface area contributed by atoms with Crippen molar-refractivity contribution in [3.8, 4) is 0 Å². The van der Waals surface area contributed by atoms with Crippen LogP contribution in [0.1, 0.15) is 12.8 Å². The van der Waals surface area contributed by atoms with Crippen molar-refractivity contribution in [1.82, 2.24) is 0 Å². The highest BCUT2D eigenvalue weighted by molar-refractivity contribution is 5.72. The van der Waals surface area contributed by atoms with Crippen LogP contribution >= 0.6 is 0 Å². The second-order valence-corrected chi connectivity index (χ2v) is 2.67. The Morgan fingerprint density at radius 1 is 1.80 bits per heavy atom. The van der Waals surface area contributed by atoms with Crippen molar-refractivity contribution in [2.75, 3.05) is 0 Å². The molecule has 0 amide bonds. The average molecular weight is 141 g/mol. The standard InChI is InChI=1S/C7H11NO2/c1-4-2-3-5(6(4)8)7(9)10/h5-6H,1-3,8H2,(H,9,10)/t5-,6?/m0/s1. The largest absolute Gasteiger partial charge is 0.481 e. The topological polar surface area (TPSA) is 63.3 Å². The highest BCUT2D eigenvalue weighted by atomic mass is 16.4. The molecule has 10 heavy (non-hydrogen) atoms. The Morgan fingerprint density at radius 2 is 2.40 bits per heavy atom. The number of nitrogens with two attached hydrogens (primary N) is 1. The molecule has 0 aromatic rings. The predicted octanol–water partition coefficient (Wildman–Crippen LogP) is 0.365. The minimum Gasteiger partial charge on any atom is -0.481 e. The number of rotatable bonds is 1. The van der Waals surface area contributed by atoms with E-state index in [0.29, 0.717) is 6.42 Å². The molecule has 1 unspecified atom stereocenters. The summed E-state index contributed by atoms with van der Waals surface area (Å²) >= 11 is 0. The molecule has 1 aliphatic carbocycles. The van der Waals surface area contributed by atoms with Gasteiger partial charge in [-0.05, 0) is 12.8 Å². The van der Waals surface area contributed by atoms with E-state index in [1.165, 1.54) is 0 Å². The average Bonchev–Trinajstić information content (AvgIpc) is 2.14. The Bertz CT molecular complexity index is 176. The second kappa shape index (κ2) is 2.42. The molecule has 3 heteroatoms. The number of carboxylic acids is 1. The summed E-state index contributed by atoms with van der Waals surface area (Å²) in [5.74, 6) is -1.20. The molecule has 0 heterocycles. The summed E-state index contributed by atoms with van der Waals surface area (Å²) in [7, 11) is 0. The van der Waals surface area contributed by atoms with Crippen molar-refractivity contribution in [3.63, 3.8) is 0 Å². The van der Waals surface area contributed by atoms with Crippen molar-refractivity contribution in [1.29, 1.82) is 0 Å². The summed E-state index contributed by atoms with van der Waals surface area (Å²) in [4.78, 5) is 10.4. The van der Waals surface area contributed by atoms with Crippen LogP contribution in [0, 0.1) is 5.92 Å². The summed E-state index contributed by atoms with van der Waals surface area (Å²) in [6.07, 6.45) is 1.41. The third-order valence-electron chi connectivity index (χ3n) is 2.00. The van der Waals surface area contributed by atoms with Gasteiger partial charge in [-0.3, -0.25) is 4.79 Å². The van der Waals surface area contributed by atoms with E-state index < -0.39 is 11.9 Å². The number of carbonyl (C=O) groups is 1. The van der Waals surface area contributed by atoms with Gasteiger partial charge in [0.25, 0.3) is 0 Å². The van der Waals surface area contributed by atoms with Gasteiger partial charge in [0, 0.05) is 6.04 Å². The van der Waals surface area contributed by atoms with Crippen molar-refractivity contribution < 1.29 is 9.90 Å². The van der Waals surface area contributed by atoms with Crippen LogP contribution in [0.4, 0.5) is 0 Å². The molecule has 56 valence electrons. The fourth-order valence-corrected chi connectivity index (χ4v) is 1.25. The van der Waals surface area contributed by atoms with Gasteiger partial charge in [-0.2, -0.15) is 0 Å². The zero-order valence-corrected chi connectivity index (χ0v) is 5.71. The van der Waals surface area contributed by atoms with E-state index in [-0.39, 0.29) is 6.04 Å². The van der Waals surface area contributed by atoms with Crippen molar-refractivity contribution in [3.05, 3.63) is 12.2 Å². The van der Waals surface area contributed by atoms with Gasteiger partial charge in [-0.1, -0.05) is 12.2 Å². The van der Waals surface area contributed by atoms with Crippen LogP contribution in [-0.4, -0.2) is 17.1 Å². The van der Waals surface area contributed by atoms with Gasteiger partial charge < -0.3 is 10.8 Å². The quantitative estimate of drug-likeness (QED) is 0.518. The van der Waals surface area contributed by atoms with Gasteiger partial charge in [0.05, 0.1) is 5.92 Å². The van der Waals surface area contributed by atoms with Crippen LogP contribution in [-0.2, 0) is 4.79 Å². The third-order valence-corrected chi connectivity index (χ3v) is 2.00. The van der Waals surface area contributed by atoms with Gasteiger partial charge >= 0.3 is 5.97 Å². The smallest absolute Gasteiger partial charge is 0.308 e. The van der Waals surface area contributed by atoms with E-state index in [1.807, 2.05) is 0 Å². The van der Waals surface area contributed by atoms with E-state index in [9.17, 15) is 4.79 Å². The fourth-order valence-electron chi connectivity index (χ4n) is 1.25. The predicted molar refractivity (Wildman–Crippen MR) is 37.5 cm³/mol. The minimum absolute atomic E-state index is 0.322. The first-order chi connectivity index (χ1) is 4.63. The molecule has 3 N–H and O–H groups in total. The van der Waals surface area contributed by atoms with Crippen LogP contribution < -0.4 is 5.73 Å². The van der Waals surface area contributed by atoms with Gasteiger partial charge in [-0.25, -0.2) is 0 Å². The lowest BCUT2D eigenvalue weighted by Gasteiger charge is -2.09. The molecule has 0 aromatic carbocycles. The summed E-state index contributed by atoms with van der Waals surface area (Å²) in [6, 6.07) is -0.322. The van der Waals surface area contributed by atoms with Gasteiger partial charge in [0.1, 0.15) is 0 Å². The maximum atomic E-state index is 10.4. The Kier molecular flexibility index (Phi) is 1.76. The number of hydrogen-bond acceptors (Lipinski definition) is 2. The van der Waals surface area contributed by atoms with Crippen LogP contribution in [0.3, 0.4) is 0 Å². The van der Waals surface area contributed by atoms with Crippen LogP contribution in [0.5, 0.6) is 0 Å². The molecule has 1 aliphatic rings. The SMILES string of the molecule is C=C1CC[C@H](C(=O)O)C1N. The Labute approximate surface area is 59.5 Å². The Hall–Kier alpha value is -0.830. The highest BCUT2D eigenvalue weighted by Gasteiger charge is 2.32. The molecule has 0 radical (unpaired) electrons. The lowest BCUT2D eigenvalue weighted by Crippen LogP contribution is -2.31. The molecule has 0 aromatic heterocycles. The molecule has 0 saturated heterocycles. The first kappa shape index (κ1) is 7.28. The van der Waals surface area contributed by atoms with Crippen LogP contribution in [0.15, 0.2) is 12.2 Å². The van der Waals surface area contributed by atoms with Gasteiger partial charge in [0.15, 0.2) is 0 Å². The van der Waals surface area contributed by atoms with E-state index in [4.69, 9.17) is 10.8 Å². The normalized spacial score (nSPS) is 32.7. The Morgan fingerprint density at radius 3 is 2.60 bits per heavy atom. The number of aliphatic carboxylic acids is 1. The summed E-state index contributed by atoms with van der Waals surface area (Å²) < 4.78 is 0. The number of hydrogen-bond donors (Lipinski definition) is 2. The summed E-state index contributed by atoms with van der Waals surface area (Å²) in [6.45, 7) is 3.68. The molecule has 3 nitrogen and oxygen atoms in total.